The van der Waals surface area contributed by atoms with Crippen LogP contribution in [0.25, 0.3) is 27.8 Å². The smallest absolute Gasteiger partial charge is 0.266 e. The summed E-state index contributed by atoms with van der Waals surface area (Å²) in [5, 5.41) is 5.01. The summed E-state index contributed by atoms with van der Waals surface area (Å²) in [7, 11) is 0. The summed E-state index contributed by atoms with van der Waals surface area (Å²) in [6.45, 7) is 4.52. The molecule has 1 amide bonds. The van der Waals surface area contributed by atoms with E-state index in [1.807, 2.05) is 60.4 Å². The third kappa shape index (κ3) is 3.61. The van der Waals surface area contributed by atoms with Gasteiger partial charge in [0, 0.05) is 43.5 Å². The van der Waals surface area contributed by atoms with Crippen molar-refractivity contribution in [3.63, 3.8) is 0 Å². The number of piperazine rings is 1. The summed E-state index contributed by atoms with van der Waals surface area (Å²) < 4.78 is 7.29. The van der Waals surface area contributed by atoms with Crippen LogP contribution in [0.5, 0.6) is 0 Å². The van der Waals surface area contributed by atoms with Gasteiger partial charge < -0.3 is 14.2 Å². The standard InChI is InChI=1S/C24H21N7O2S/c1-16-14-19(31-24(27-16)25-15-26-31)29-9-11-30(12-10-29)23(32)21-20(17-6-3-2-4-7-17)28-22(34-21)18-8-5-13-33-18/h2-8,13-15H,9-12H2,1H3. The molecule has 1 aliphatic rings. The van der Waals surface area contributed by atoms with Crippen molar-refractivity contribution in [1.82, 2.24) is 29.5 Å². The van der Waals surface area contributed by atoms with Crippen molar-refractivity contribution in [2.75, 3.05) is 31.1 Å². The zero-order valence-electron chi connectivity index (χ0n) is 18.5. The van der Waals surface area contributed by atoms with Crippen LogP contribution in [0.2, 0.25) is 0 Å². The molecular formula is C24H21N7O2S. The van der Waals surface area contributed by atoms with Crippen molar-refractivity contribution >= 4 is 28.8 Å². The van der Waals surface area contributed by atoms with Crippen LogP contribution < -0.4 is 4.90 Å². The molecule has 0 saturated carbocycles. The topological polar surface area (TPSA) is 92.7 Å². The van der Waals surface area contributed by atoms with Crippen LogP contribution in [0.4, 0.5) is 5.82 Å². The van der Waals surface area contributed by atoms with Gasteiger partial charge in [0.15, 0.2) is 10.8 Å². The highest BCUT2D eigenvalue weighted by atomic mass is 32.1. The molecule has 1 fully saturated rings. The minimum Gasteiger partial charge on any atom is -0.462 e. The minimum atomic E-state index is -0.00868. The maximum absolute atomic E-state index is 13.7. The molecule has 4 aromatic heterocycles. The minimum absolute atomic E-state index is 0.00868. The van der Waals surface area contributed by atoms with Crippen LogP contribution in [-0.2, 0) is 0 Å². The van der Waals surface area contributed by atoms with Crippen molar-refractivity contribution in [2.45, 2.75) is 6.92 Å². The molecule has 0 N–H and O–H groups in total. The van der Waals surface area contributed by atoms with Crippen molar-refractivity contribution in [2.24, 2.45) is 0 Å². The highest BCUT2D eigenvalue weighted by Gasteiger charge is 2.29. The second-order valence-corrected chi connectivity index (χ2v) is 9.05. The molecule has 9 nitrogen and oxygen atoms in total. The predicted octanol–water partition coefficient (Wildman–Crippen LogP) is 3.78. The Labute approximate surface area is 199 Å². The Balaban J connectivity index is 1.27. The summed E-state index contributed by atoms with van der Waals surface area (Å²) in [5.74, 6) is 2.17. The summed E-state index contributed by atoms with van der Waals surface area (Å²) in [5.41, 5.74) is 2.49. The number of carbonyl (C=O) groups excluding carboxylic acids is 1. The van der Waals surface area contributed by atoms with Gasteiger partial charge >= 0.3 is 0 Å². The number of rotatable bonds is 4. The first-order chi connectivity index (χ1) is 16.7. The third-order valence-electron chi connectivity index (χ3n) is 5.85. The van der Waals surface area contributed by atoms with Gasteiger partial charge in [-0.05, 0) is 19.1 Å². The van der Waals surface area contributed by atoms with Gasteiger partial charge in [0.1, 0.15) is 17.0 Å². The maximum Gasteiger partial charge on any atom is 0.266 e. The number of furan rings is 1. The predicted molar refractivity (Wildman–Crippen MR) is 129 cm³/mol. The van der Waals surface area contributed by atoms with E-state index in [1.165, 1.54) is 17.7 Å². The van der Waals surface area contributed by atoms with E-state index in [-0.39, 0.29) is 5.91 Å². The van der Waals surface area contributed by atoms with E-state index < -0.39 is 0 Å². The summed E-state index contributed by atoms with van der Waals surface area (Å²) >= 11 is 1.38. The second kappa shape index (κ2) is 8.38. The molecular weight excluding hydrogens is 450 g/mol. The van der Waals surface area contributed by atoms with Gasteiger partial charge in [-0.25, -0.2) is 9.97 Å². The number of fused-ring (bicyclic) bond motifs is 1. The maximum atomic E-state index is 13.7. The molecule has 0 bridgehead atoms. The highest BCUT2D eigenvalue weighted by Crippen LogP contribution is 2.35. The Kier molecular flexibility index (Phi) is 5.06. The molecule has 34 heavy (non-hydrogen) atoms. The average molecular weight is 472 g/mol. The molecule has 6 rings (SSSR count). The van der Waals surface area contributed by atoms with Crippen LogP contribution in [0.15, 0.2) is 65.5 Å². The number of carbonyl (C=O) groups is 1. The molecule has 5 heterocycles. The molecule has 0 atom stereocenters. The van der Waals surface area contributed by atoms with Gasteiger partial charge in [-0.15, -0.1) is 11.3 Å². The normalized spacial score (nSPS) is 14.1. The molecule has 1 aliphatic heterocycles. The Morgan fingerprint density at radius 2 is 1.85 bits per heavy atom. The highest BCUT2D eigenvalue weighted by molar-refractivity contribution is 7.17. The summed E-state index contributed by atoms with van der Waals surface area (Å²) in [4.78, 5) is 31.8. The molecule has 5 aromatic rings. The van der Waals surface area contributed by atoms with Gasteiger partial charge in [-0.1, -0.05) is 30.3 Å². The van der Waals surface area contributed by atoms with Gasteiger partial charge in [0.05, 0.1) is 12.0 Å². The number of hydrogen-bond acceptors (Lipinski definition) is 8. The Hall–Kier alpha value is -4.05. The molecule has 0 aliphatic carbocycles. The van der Waals surface area contributed by atoms with E-state index in [9.17, 15) is 4.79 Å². The first-order valence-corrected chi connectivity index (χ1v) is 11.8. The molecule has 0 spiro atoms. The van der Waals surface area contributed by atoms with Crippen molar-refractivity contribution in [1.29, 1.82) is 0 Å². The number of aromatic nitrogens is 5. The Morgan fingerprint density at radius 3 is 2.62 bits per heavy atom. The number of nitrogens with zero attached hydrogens (tertiary/aromatic N) is 7. The van der Waals surface area contributed by atoms with E-state index in [4.69, 9.17) is 9.40 Å². The molecule has 0 unspecified atom stereocenters. The molecule has 0 radical (unpaired) electrons. The van der Waals surface area contributed by atoms with E-state index >= 15 is 0 Å². The summed E-state index contributed by atoms with van der Waals surface area (Å²) in [6, 6.07) is 15.5. The number of amides is 1. The third-order valence-corrected chi connectivity index (χ3v) is 6.91. The fraction of sp³-hybridized carbons (Fsp3) is 0.208. The molecule has 10 heteroatoms. The number of benzene rings is 1. The molecule has 1 saturated heterocycles. The van der Waals surface area contributed by atoms with Crippen LogP contribution in [-0.4, -0.2) is 61.6 Å². The lowest BCUT2D eigenvalue weighted by Crippen LogP contribution is -2.49. The zero-order valence-corrected chi connectivity index (χ0v) is 19.3. The Bertz CT molecular complexity index is 1450. The average Bonchev–Trinajstić information content (AvgIpc) is 3.64. The van der Waals surface area contributed by atoms with E-state index in [2.05, 4.69) is 20.0 Å². The second-order valence-electron chi connectivity index (χ2n) is 8.05. The lowest BCUT2D eigenvalue weighted by molar-refractivity contribution is 0.0751. The van der Waals surface area contributed by atoms with Gasteiger partial charge in [0.25, 0.3) is 11.7 Å². The number of hydrogen-bond donors (Lipinski definition) is 0. The fourth-order valence-electron chi connectivity index (χ4n) is 4.18. The first-order valence-electron chi connectivity index (χ1n) is 11.0. The lowest BCUT2D eigenvalue weighted by Gasteiger charge is -2.35. The molecule has 170 valence electrons. The van der Waals surface area contributed by atoms with Crippen LogP contribution >= 0.6 is 11.3 Å². The number of aryl methyl sites for hydroxylation is 1. The summed E-state index contributed by atoms with van der Waals surface area (Å²) in [6.07, 6.45) is 3.13. The lowest BCUT2D eigenvalue weighted by atomic mass is 10.1. The van der Waals surface area contributed by atoms with E-state index in [1.54, 1.807) is 10.8 Å². The van der Waals surface area contributed by atoms with Gasteiger partial charge in [-0.3, -0.25) is 4.79 Å². The van der Waals surface area contributed by atoms with Crippen molar-refractivity contribution in [3.8, 4) is 22.0 Å². The number of anilines is 1. The van der Waals surface area contributed by atoms with Crippen LogP contribution in [0.3, 0.4) is 0 Å². The SMILES string of the molecule is Cc1cc(N2CCN(C(=O)c3sc(-c4ccco4)nc3-c3ccccc3)CC2)n2ncnc2n1. The molecule has 1 aromatic carbocycles. The monoisotopic (exact) mass is 471 g/mol. The van der Waals surface area contributed by atoms with Crippen molar-refractivity contribution < 1.29 is 9.21 Å². The van der Waals surface area contributed by atoms with E-state index in [0.717, 1.165) is 17.1 Å². The van der Waals surface area contributed by atoms with Crippen LogP contribution in [0.1, 0.15) is 15.4 Å². The zero-order chi connectivity index (χ0) is 23.1. The van der Waals surface area contributed by atoms with Gasteiger partial charge in [-0.2, -0.15) is 14.6 Å². The van der Waals surface area contributed by atoms with Gasteiger partial charge in [0.2, 0.25) is 0 Å². The first kappa shape index (κ1) is 20.5. The van der Waals surface area contributed by atoms with Crippen LogP contribution in [0, 0.1) is 6.92 Å². The van der Waals surface area contributed by atoms with E-state index in [0.29, 0.717) is 53.3 Å². The number of thiazole rings is 1. The largest absolute Gasteiger partial charge is 0.462 e. The van der Waals surface area contributed by atoms with Crippen molar-refractivity contribution in [3.05, 3.63) is 71.7 Å². The Morgan fingerprint density at radius 1 is 1.03 bits per heavy atom. The fourth-order valence-corrected chi connectivity index (χ4v) is 5.20. The quantitative estimate of drug-likeness (QED) is 0.394.